The number of halogens is 4. The van der Waals surface area contributed by atoms with Crippen molar-refractivity contribution in [3.05, 3.63) is 322 Å². The first kappa shape index (κ1) is 60.5. The van der Waals surface area contributed by atoms with Gasteiger partial charge in [-0.25, -0.2) is 24.9 Å². The minimum Gasteiger partial charge on any atom is -0.508 e. The summed E-state index contributed by atoms with van der Waals surface area (Å²) in [5, 5.41) is 19.1. The van der Waals surface area contributed by atoms with Crippen LogP contribution in [0.25, 0.3) is 121 Å². The van der Waals surface area contributed by atoms with Gasteiger partial charge in [0.15, 0.2) is 0 Å². The lowest BCUT2D eigenvalue weighted by atomic mass is 10.1. The molecule has 19 rings (SSSR count). The van der Waals surface area contributed by atoms with Crippen molar-refractivity contribution >= 4 is 162 Å². The van der Waals surface area contributed by atoms with Crippen LogP contribution in [0.5, 0.6) is 17.4 Å². The molecule has 12 nitrogen and oxygen atoms in total. The third-order valence-electron chi connectivity index (χ3n) is 16.3. The lowest BCUT2D eigenvalue weighted by Crippen LogP contribution is -1.97. The average Bonchev–Trinajstić information content (AvgIpc) is 1.75. The molecule has 0 unspecified atom stereocenters. The van der Waals surface area contributed by atoms with Crippen molar-refractivity contribution in [2.45, 2.75) is 0 Å². The third kappa shape index (κ3) is 12.1. The summed E-state index contributed by atoms with van der Waals surface area (Å²) in [5.41, 5.74) is 12.7. The Kier molecular flexibility index (Phi) is 17.0. The first-order valence-electron chi connectivity index (χ1n) is 30.4. The van der Waals surface area contributed by atoms with E-state index in [2.05, 4.69) is 252 Å². The maximum absolute atomic E-state index is 9.79. The first-order valence-corrected chi connectivity index (χ1v) is 33.5. The summed E-state index contributed by atoms with van der Waals surface area (Å²) >= 11 is 13.5. The standard InChI is InChI=1S/C32H20N4O.C17H12N2O.C15H9BrN2.C9H7BrN2.C6H4Br2/c1-3-10-26-23(9-1)25-16-17-31(34-32(25)28-12-7-19-35(26)28)37-21-14-15-24-22-8-2-4-11-27(22)36(29(24)20-21)30-13-5-6-18-33-30;20-12-8-9-14-13-5-1-2-6-15(13)19(16(14)11-12)17-7-3-4-10-18-17;16-14-8-7-11-10-4-1-2-5-12(10)18-9-3-6-13(18)15(11)17-14;10-9-5-1-3-8(12-9)7-4-2-6-11-7;7-5-3-1-2-4-6(5)8/h1-20H;1-11,20H;1-9H;1-6,11H;1-4H. The Morgan fingerprint density at radius 3 is 1.37 bits per heavy atom. The van der Waals surface area contributed by atoms with E-state index in [-0.39, 0.29) is 5.75 Å². The van der Waals surface area contributed by atoms with E-state index < -0.39 is 0 Å². The predicted octanol–water partition coefficient (Wildman–Crippen LogP) is 22.3. The first-order chi connectivity index (χ1) is 46.7. The second-order valence-electron chi connectivity index (χ2n) is 22.0. The molecule has 19 aromatic rings. The van der Waals surface area contributed by atoms with Crippen molar-refractivity contribution in [2.24, 2.45) is 0 Å². The number of aromatic nitrogens is 10. The summed E-state index contributed by atoms with van der Waals surface area (Å²) in [6.45, 7) is 0. The van der Waals surface area contributed by atoms with E-state index in [1.165, 1.54) is 32.6 Å². The molecule has 95 heavy (non-hydrogen) atoms. The maximum Gasteiger partial charge on any atom is 0.219 e. The van der Waals surface area contributed by atoms with Gasteiger partial charge in [-0.05, 0) is 215 Å². The lowest BCUT2D eigenvalue weighted by molar-refractivity contribution is 0.466. The minimum absolute atomic E-state index is 0.262. The van der Waals surface area contributed by atoms with Crippen LogP contribution >= 0.6 is 63.7 Å². The summed E-state index contributed by atoms with van der Waals surface area (Å²) in [4.78, 5) is 26.0. The Labute approximate surface area is 577 Å². The summed E-state index contributed by atoms with van der Waals surface area (Å²) in [7, 11) is 0. The number of pyridine rings is 7. The molecule has 458 valence electrons. The van der Waals surface area contributed by atoms with E-state index in [9.17, 15) is 5.11 Å². The number of para-hydroxylation sites is 4. The molecule has 12 heterocycles. The third-order valence-corrected chi connectivity index (χ3v) is 19.1. The van der Waals surface area contributed by atoms with Crippen LogP contribution in [0.1, 0.15) is 0 Å². The molecule has 0 bridgehead atoms. The van der Waals surface area contributed by atoms with Crippen molar-refractivity contribution in [3.63, 3.8) is 0 Å². The van der Waals surface area contributed by atoms with Crippen molar-refractivity contribution < 1.29 is 9.84 Å². The van der Waals surface area contributed by atoms with E-state index >= 15 is 0 Å². The highest BCUT2D eigenvalue weighted by molar-refractivity contribution is 9.13. The van der Waals surface area contributed by atoms with Crippen LogP contribution in [0.15, 0.2) is 322 Å². The van der Waals surface area contributed by atoms with Gasteiger partial charge in [-0.15, -0.1) is 0 Å². The fraction of sp³-hybridized carbons (Fsp3) is 0. The van der Waals surface area contributed by atoms with Gasteiger partial charge in [0.2, 0.25) is 5.88 Å². The maximum atomic E-state index is 9.79. The number of ether oxygens (including phenoxy) is 1. The molecule has 0 fully saturated rings. The van der Waals surface area contributed by atoms with E-state index in [4.69, 9.17) is 9.72 Å². The smallest absolute Gasteiger partial charge is 0.219 e. The Balaban J connectivity index is 0.000000108. The number of benzene rings is 7. The number of phenols is 1. The van der Waals surface area contributed by atoms with Gasteiger partial charge in [-0.2, -0.15) is 0 Å². The van der Waals surface area contributed by atoms with Crippen LogP contribution in [0.2, 0.25) is 0 Å². The molecular formula is C79H52Br4N10O2. The Hall–Kier alpha value is -10.8. The molecule has 0 aliphatic rings. The summed E-state index contributed by atoms with van der Waals surface area (Å²) in [6, 6.07) is 91.1. The molecule has 16 heteroatoms. The van der Waals surface area contributed by atoms with Gasteiger partial charge >= 0.3 is 0 Å². The van der Waals surface area contributed by atoms with Crippen LogP contribution in [-0.4, -0.2) is 52.9 Å². The van der Waals surface area contributed by atoms with Gasteiger partial charge in [0.25, 0.3) is 0 Å². The molecule has 0 aliphatic heterocycles. The molecule has 7 aromatic carbocycles. The quantitative estimate of drug-likeness (QED) is 0.130. The van der Waals surface area contributed by atoms with Crippen LogP contribution in [0, 0.1) is 0 Å². The van der Waals surface area contributed by atoms with Crippen molar-refractivity contribution in [1.82, 2.24) is 47.8 Å². The Morgan fingerprint density at radius 2 is 0.821 bits per heavy atom. The average molecular weight is 1490 g/mol. The molecule has 0 amide bonds. The van der Waals surface area contributed by atoms with Gasteiger partial charge < -0.3 is 23.6 Å². The Bertz CT molecular complexity index is 5970. The van der Waals surface area contributed by atoms with Crippen molar-refractivity contribution in [3.8, 4) is 40.4 Å². The fourth-order valence-corrected chi connectivity index (χ4v) is 13.4. The number of H-pyrrole nitrogens is 1. The highest BCUT2D eigenvalue weighted by Crippen LogP contribution is 2.38. The number of rotatable bonds is 5. The highest BCUT2D eigenvalue weighted by Gasteiger charge is 2.17. The topological polar surface area (TPSA) is 128 Å². The van der Waals surface area contributed by atoms with Crippen molar-refractivity contribution in [1.29, 1.82) is 0 Å². The van der Waals surface area contributed by atoms with Crippen LogP contribution in [-0.2, 0) is 0 Å². The summed E-state index contributed by atoms with van der Waals surface area (Å²) in [6.07, 6.45) is 9.65. The number of hydrogen-bond acceptors (Lipinski definition) is 7. The van der Waals surface area contributed by atoms with Crippen LogP contribution < -0.4 is 4.74 Å². The SMILES string of the molecule is Brc1ccc2c3ccccc3n3cccc3c2n1.Brc1cccc(-c2ccc[nH]2)n1.Brc1ccccc1Br.Oc1ccc2c3ccccc3n(-c3ccccn3)c2c1.c1ccc(-n2c3ccccc3c3ccc(Oc4ccc5c6ccccc6n6cccc6c5n4)cc32)nc1. The second kappa shape index (κ2) is 26.7. The van der Waals surface area contributed by atoms with Gasteiger partial charge in [0.1, 0.15) is 32.3 Å². The highest BCUT2D eigenvalue weighted by atomic mass is 79.9. The molecule has 0 saturated heterocycles. The van der Waals surface area contributed by atoms with Gasteiger partial charge in [0, 0.05) is 101 Å². The summed E-state index contributed by atoms with van der Waals surface area (Å²) < 4.78 is 18.9. The molecule has 0 spiro atoms. The van der Waals surface area contributed by atoms with Crippen molar-refractivity contribution in [2.75, 3.05) is 0 Å². The van der Waals surface area contributed by atoms with Crippen LogP contribution in [0.4, 0.5) is 0 Å². The number of hydrogen-bond donors (Lipinski definition) is 2. The molecular weight excluding hydrogens is 1440 g/mol. The van der Waals surface area contributed by atoms with E-state index in [1.807, 2.05) is 140 Å². The lowest BCUT2D eigenvalue weighted by Gasteiger charge is -2.11. The van der Waals surface area contributed by atoms with Gasteiger partial charge in [-0.1, -0.05) is 103 Å². The molecule has 0 atom stereocenters. The fourth-order valence-electron chi connectivity index (χ4n) is 12.2. The zero-order valence-corrected chi connectivity index (χ0v) is 56.6. The number of fused-ring (bicyclic) bond motifs is 18. The Morgan fingerprint density at radius 1 is 0.347 bits per heavy atom. The zero-order chi connectivity index (χ0) is 64.4. The van der Waals surface area contributed by atoms with E-state index in [0.29, 0.717) is 5.88 Å². The monoisotopic (exact) mass is 1490 g/mol. The molecule has 0 radical (unpaired) electrons. The number of nitrogens with one attached hydrogen (secondary N) is 1. The number of aromatic hydroxyl groups is 1. The van der Waals surface area contributed by atoms with Crippen LogP contribution in [0.3, 0.4) is 0 Å². The van der Waals surface area contributed by atoms with E-state index in [0.717, 1.165) is 113 Å². The number of nitrogens with zero attached hydrogens (tertiary/aromatic N) is 9. The summed E-state index contributed by atoms with van der Waals surface area (Å²) in [5.74, 6) is 3.27. The number of phenolic OH excluding ortho intramolecular Hbond substituents is 1. The predicted molar refractivity (Wildman–Crippen MR) is 401 cm³/mol. The molecule has 0 aliphatic carbocycles. The molecule has 0 saturated carbocycles. The normalized spacial score (nSPS) is 11.2. The zero-order valence-electron chi connectivity index (χ0n) is 50.3. The largest absolute Gasteiger partial charge is 0.508 e. The van der Waals surface area contributed by atoms with E-state index in [1.54, 1.807) is 18.3 Å². The number of aromatic amines is 1. The van der Waals surface area contributed by atoms with Gasteiger partial charge in [-0.3, -0.25) is 9.13 Å². The molecule has 2 N–H and O–H groups in total. The molecule has 12 aromatic heterocycles. The minimum atomic E-state index is 0.262. The second-order valence-corrected chi connectivity index (χ2v) is 25.4. The van der Waals surface area contributed by atoms with Gasteiger partial charge in [0.05, 0.1) is 66.6 Å².